The lowest BCUT2D eigenvalue weighted by molar-refractivity contribution is -0.132. The predicted octanol–water partition coefficient (Wildman–Crippen LogP) is 3.19. The van der Waals surface area contributed by atoms with E-state index in [1.165, 1.54) is 0 Å². The topological polar surface area (TPSA) is 59.0 Å². The molecule has 0 spiro atoms. The zero-order chi connectivity index (χ0) is 17.9. The normalized spacial score (nSPS) is 17.9. The zero-order valence-corrected chi connectivity index (χ0v) is 15.6. The third-order valence-electron chi connectivity index (χ3n) is 4.86. The monoisotopic (exact) mass is 380 g/mol. The molecule has 3 rings (SSSR count). The van der Waals surface area contributed by atoms with E-state index >= 15 is 0 Å². The Labute approximate surface area is 157 Å². The van der Waals surface area contributed by atoms with Crippen molar-refractivity contribution in [2.24, 2.45) is 0 Å². The first kappa shape index (κ1) is 18.2. The van der Waals surface area contributed by atoms with Gasteiger partial charge in [0.15, 0.2) is 0 Å². The number of piperidine rings is 1. The average molecular weight is 381 g/mol. The first-order valence-corrected chi connectivity index (χ1v) is 9.23. The van der Waals surface area contributed by atoms with Crippen molar-refractivity contribution in [3.63, 3.8) is 0 Å². The minimum Gasteiger partial charge on any atom is -0.353 e. The van der Waals surface area contributed by atoms with Gasteiger partial charge in [-0.3, -0.25) is 9.48 Å². The van der Waals surface area contributed by atoms with E-state index in [9.17, 15) is 4.79 Å². The second-order valence-electron chi connectivity index (χ2n) is 6.48. The van der Waals surface area contributed by atoms with E-state index in [1.54, 1.807) is 10.9 Å². The van der Waals surface area contributed by atoms with Crippen molar-refractivity contribution in [1.29, 1.82) is 0 Å². The summed E-state index contributed by atoms with van der Waals surface area (Å²) in [6.07, 6.45) is 4.99. The number of nitrogens with zero attached hydrogens (tertiary/aromatic N) is 2. The quantitative estimate of drug-likeness (QED) is 0.837. The van der Waals surface area contributed by atoms with Gasteiger partial charge in [0.2, 0.25) is 5.91 Å². The lowest BCUT2D eigenvalue weighted by atomic mass is 9.87. The first-order valence-electron chi connectivity index (χ1n) is 8.47. The van der Waals surface area contributed by atoms with E-state index in [2.05, 4.69) is 15.7 Å². The molecule has 7 heteroatoms. The van der Waals surface area contributed by atoms with E-state index in [0.29, 0.717) is 29.4 Å². The maximum atomic E-state index is 13.1. The molecule has 2 aromatic rings. The summed E-state index contributed by atoms with van der Waals surface area (Å²) in [4.78, 5) is 13.1. The number of nitrogens with one attached hydrogen (secondary N) is 2. The molecule has 1 saturated heterocycles. The van der Waals surface area contributed by atoms with Gasteiger partial charge < -0.3 is 10.6 Å². The van der Waals surface area contributed by atoms with Gasteiger partial charge in [-0.1, -0.05) is 36.2 Å². The Morgan fingerprint density at radius 3 is 2.60 bits per heavy atom. The number of carbonyl (C=O) groups excluding carboxylic acids is 1. The van der Waals surface area contributed by atoms with Crippen LogP contribution in [0.5, 0.6) is 0 Å². The maximum absolute atomic E-state index is 13.1. The van der Waals surface area contributed by atoms with Crippen LogP contribution in [-0.4, -0.2) is 35.3 Å². The molecule has 2 N–H and O–H groups in total. The Balaban J connectivity index is 1.74. The highest BCUT2D eigenvalue weighted by Gasteiger charge is 2.41. The largest absolute Gasteiger partial charge is 0.353 e. The van der Waals surface area contributed by atoms with Crippen LogP contribution >= 0.6 is 23.2 Å². The highest BCUT2D eigenvalue weighted by Crippen LogP contribution is 2.32. The molecule has 0 bridgehead atoms. The van der Waals surface area contributed by atoms with Crippen molar-refractivity contribution in [1.82, 2.24) is 20.4 Å². The summed E-state index contributed by atoms with van der Waals surface area (Å²) in [5.41, 5.74) is 0.225. The number of amides is 1. The molecular formula is C18H22Cl2N4O. The molecule has 134 valence electrons. The van der Waals surface area contributed by atoms with Gasteiger partial charge in [0.1, 0.15) is 5.54 Å². The molecule has 1 aliphatic heterocycles. The molecule has 0 aliphatic carbocycles. The van der Waals surface area contributed by atoms with Gasteiger partial charge in [-0.15, -0.1) is 0 Å². The van der Waals surface area contributed by atoms with Crippen LogP contribution in [0.4, 0.5) is 0 Å². The molecule has 1 atom stereocenters. The average Bonchev–Trinajstić information content (AvgIpc) is 3.15. The van der Waals surface area contributed by atoms with Gasteiger partial charge in [0, 0.05) is 34.9 Å². The zero-order valence-electron chi connectivity index (χ0n) is 14.1. The highest BCUT2D eigenvalue weighted by molar-refractivity contribution is 6.36. The van der Waals surface area contributed by atoms with Gasteiger partial charge in [-0.25, -0.2) is 0 Å². The van der Waals surface area contributed by atoms with Crippen LogP contribution in [0.2, 0.25) is 10.0 Å². The standard InChI is InChI=1S/C18H22Cl2N4O/c1-13(16-14(19)4-2-5-15(16)20)12-22-17(25)18(6-9-21-10-7-18)24-11-3-8-23-24/h2-5,8,11,13,21H,6-7,9-10,12H2,1H3,(H,22,25). The Morgan fingerprint density at radius 2 is 2.00 bits per heavy atom. The SMILES string of the molecule is CC(CNC(=O)C1(n2cccn2)CCNCC1)c1c(Cl)cccc1Cl. The van der Waals surface area contributed by atoms with Crippen LogP contribution in [0.25, 0.3) is 0 Å². The molecule has 1 fully saturated rings. The third-order valence-corrected chi connectivity index (χ3v) is 5.52. The number of hydrogen-bond donors (Lipinski definition) is 2. The van der Waals surface area contributed by atoms with Crippen molar-refractivity contribution in [3.8, 4) is 0 Å². The van der Waals surface area contributed by atoms with Crippen molar-refractivity contribution in [3.05, 3.63) is 52.3 Å². The molecule has 2 heterocycles. The molecular weight excluding hydrogens is 359 g/mol. The van der Waals surface area contributed by atoms with E-state index in [0.717, 1.165) is 18.7 Å². The molecule has 5 nitrogen and oxygen atoms in total. The Bertz CT molecular complexity index is 706. The summed E-state index contributed by atoms with van der Waals surface area (Å²) in [5, 5.41) is 12.0. The van der Waals surface area contributed by atoms with E-state index in [1.807, 2.05) is 37.4 Å². The second-order valence-corrected chi connectivity index (χ2v) is 7.29. The summed E-state index contributed by atoms with van der Waals surface area (Å²) in [6, 6.07) is 7.31. The maximum Gasteiger partial charge on any atom is 0.248 e. The summed E-state index contributed by atoms with van der Waals surface area (Å²) >= 11 is 12.6. The Hall–Kier alpha value is -1.56. The molecule has 0 radical (unpaired) electrons. The van der Waals surface area contributed by atoms with Crippen LogP contribution in [0.15, 0.2) is 36.7 Å². The smallest absolute Gasteiger partial charge is 0.248 e. The van der Waals surface area contributed by atoms with E-state index in [4.69, 9.17) is 23.2 Å². The fraction of sp³-hybridized carbons (Fsp3) is 0.444. The van der Waals surface area contributed by atoms with Crippen molar-refractivity contribution < 1.29 is 4.79 Å². The molecule has 1 unspecified atom stereocenters. The van der Waals surface area contributed by atoms with Crippen LogP contribution in [0.1, 0.15) is 31.2 Å². The first-order chi connectivity index (χ1) is 12.0. The number of rotatable bonds is 5. The lowest BCUT2D eigenvalue weighted by Gasteiger charge is -2.36. The highest BCUT2D eigenvalue weighted by atomic mass is 35.5. The molecule has 0 saturated carbocycles. The molecule has 1 aromatic heterocycles. The summed E-state index contributed by atoms with van der Waals surface area (Å²) in [6.45, 7) is 4.06. The van der Waals surface area contributed by atoms with Crippen LogP contribution in [0.3, 0.4) is 0 Å². The van der Waals surface area contributed by atoms with Crippen molar-refractivity contribution >= 4 is 29.1 Å². The van der Waals surface area contributed by atoms with Crippen molar-refractivity contribution in [2.75, 3.05) is 19.6 Å². The van der Waals surface area contributed by atoms with E-state index in [-0.39, 0.29) is 11.8 Å². The number of aromatic nitrogens is 2. The minimum absolute atomic E-state index is 0.00674. The van der Waals surface area contributed by atoms with Gasteiger partial charge >= 0.3 is 0 Å². The van der Waals surface area contributed by atoms with E-state index < -0.39 is 5.54 Å². The van der Waals surface area contributed by atoms with Crippen molar-refractivity contribution in [2.45, 2.75) is 31.2 Å². The van der Waals surface area contributed by atoms with Gasteiger partial charge in [0.25, 0.3) is 0 Å². The Kier molecular flexibility index (Phi) is 5.67. The number of hydrogen-bond acceptors (Lipinski definition) is 3. The summed E-state index contributed by atoms with van der Waals surface area (Å²) in [7, 11) is 0. The van der Waals surface area contributed by atoms with Gasteiger partial charge in [-0.05, 0) is 49.7 Å². The number of halogens is 2. The molecule has 1 aliphatic rings. The number of benzene rings is 1. The number of carbonyl (C=O) groups is 1. The van der Waals surface area contributed by atoms with Crippen LogP contribution in [0, 0.1) is 0 Å². The van der Waals surface area contributed by atoms with Crippen LogP contribution in [-0.2, 0) is 10.3 Å². The predicted molar refractivity (Wildman–Crippen MR) is 100 cm³/mol. The minimum atomic E-state index is -0.640. The lowest BCUT2D eigenvalue weighted by Crippen LogP contribution is -2.55. The fourth-order valence-electron chi connectivity index (χ4n) is 3.42. The fourth-order valence-corrected chi connectivity index (χ4v) is 4.19. The summed E-state index contributed by atoms with van der Waals surface area (Å²) in [5.74, 6) is 0.00858. The van der Waals surface area contributed by atoms with Gasteiger partial charge in [0.05, 0.1) is 0 Å². The summed E-state index contributed by atoms with van der Waals surface area (Å²) < 4.78 is 1.79. The molecule has 1 amide bonds. The molecule has 1 aromatic carbocycles. The van der Waals surface area contributed by atoms with Crippen LogP contribution < -0.4 is 10.6 Å². The third kappa shape index (κ3) is 3.68. The Morgan fingerprint density at radius 1 is 1.32 bits per heavy atom. The molecule has 25 heavy (non-hydrogen) atoms. The second kappa shape index (κ2) is 7.77. The van der Waals surface area contributed by atoms with Gasteiger partial charge in [-0.2, -0.15) is 5.10 Å².